The van der Waals surface area contributed by atoms with Crippen molar-refractivity contribution >= 4 is 11.8 Å². The molecular weight excluding hydrogens is 348 g/mol. The molecule has 0 bridgehead atoms. The van der Waals surface area contributed by atoms with Crippen LogP contribution in [0, 0.1) is 0 Å². The number of carbonyl (C=O) groups is 2. The Hall–Kier alpha value is -2.12. The van der Waals surface area contributed by atoms with Crippen LogP contribution in [0.1, 0.15) is 18.9 Å². The Balaban J connectivity index is 1.78. The zero-order chi connectivity index (χ0) is 19.5. The van der Waals surface area contributed by atoms with E-state index in [0.29, 0.717) is 52.4 Å². The molecule has 1 heterocycles. The first-order valence-electron chi connectivity index (χ1n) is 9.48. The van der Waals surface area contributed by atoms with E-state index >= 15 is 0 Å². The molecule has 2 amide bonds. The summed E-state index contributed by atoms with van der Waals surface area (Å²) in [7, 11) is 1.60. The molecule has 1 aromatic rings. The van der Waals surface area contributed by atoms with Crippen molar-refractivity contribution < 1.29 is 23.8 Å². The monoisotopic (exact) mass is 378 g/mol. The average molecular weight is 378 g/mol. The lowest BCUT2D eigenvalue weighted by molar-refractivity contribution is -0.137. The van der Waals surface area contributed by atoms with Crippen molar-refractivity contribution in [3.8, 4) is 5.75 Å². The molecule has 0 N–H and O–H groups in total. The predicted octanol–water partition coefficient (Wildman–Crippen LogP) is 1.35. The van der Waals surface area contributed by atoms with Gasteiger partial charge in [-0.3, -0.25) is 9.59 Å². The number of amides is 2. The highest BCUT2D eigenvalue weighted by molar-refractivity contribution is 5.79. The van der Waals surface area contributed by atoms with E-state index in [4.69, 9.17) is 14.2 Å². The number of methoxy groups -OCH3 is 1. The third-order valence-corrected chi connectivity index (χ3v) is 4.45. The minimum absolute atomic E-state index is 0.0353. The minimum Gasteiger partial charge on any atom is -0.494 e. The Morgan fingerprint density at radius 3 is 2.26 bits per heavy atom. The van der Waals surface area contributed by atoms with Gasteiger partial charge in [0.25, 0.3) is 0 Å². The molecule has 0 saturated carbocycles. The highest BCUT2D eigenvalue weighted by atomic mass is 16.5. The smallest absolute Gasteiger partial charge is 0.248 e. The van der Waals surface area contributed by atoms with Gasteiger partial charge in [0, 0.05) is 33.3 Å². The number of rotatable bonds is 9. The lowest BCUT2D eigenvalue weighted by atomic mass is 10.1. The van der Waals surface area contributed by atoms with Crippen LogP contribution in [0.25, 0.3) is 0 Å². The standard InChI is InChI=1S/C20H30N2O5/c1-3-27-18-7-5-17(6-8-18)15-19(23)21-9-4-10-22(12-11-21)20(24)16-26-14-13-25-2/h5-8H,3-4,9-16H2,1-2H3. The topological polar surface area (TPSA) is 68.3 Å². The van der Waals surface area contributed by atoms with Gasteiger partial charge in [-0.25, -0.2) is 0 Å². The van der Waals surface area contributed by atoms with Crippen molar-refractivity contribution in [3.63, 3.8) is 0 Å². The first-order chi connectivity index (χ1) is 13.1. The van der Waals surface area contributed by atoms with Gasteiger partial charge >= 0.3 is 0 Å². The summed E-state index contributed by atoms with van der Waals surface area (Å²) in [4.78, 5) is 28.4. The van der Waals surface area contributed by atoms with Gasteiger partial charge in [0.1, 0.15) is 12.4 Å². The molecule has 7 nitrogen and oxygen atoms in total. The summed E-state index contributed by atoms with van der Waals surface area (Å²) in [6.07, 6.45) is 1.14. The van der Waals surface area contributed by atoms with Crippen LogP contribution in [-0.4, -0.2) is 81.3 Å². The fraction of sp³-hybridized carbons (Fsp3) is 0.600. The first kappa shape index (κ1) is 21.2. The number of carbonyl (C=O) groups excluding carboxylic acids is 2. The second-order valence-corrected chi connectivity index (χ2v) is 6.41. The van der Waals surface area contributed by atoms with E-state index in [0.717, 1.165) is 17.7 Å². The zero-order valence-corrected chi connectivity index (χ0v) is 16.3. The van der Waals surface area contributed by atoms with E-state index in [1.54, 1.807) is 12.0 Å². The summed E-state index contributed by atoms with van der Waals surface area (Å²) in [6.45, 7) is 5.92. The Kier molecular flexibility index (Phi) is 9.07. The number of nitrogens with zero attached hydrogens (tertiary/aromatic N) is 2. The molecule has 27 heavy (non-hydrogen) atoms. The van der Waals surface area contributed by atoms with Gasteiger partial charge in [0.05, 0.1) is 26.2 Å². The third-order valence-electron chi connectivity index (χ3n) is 4.45. The highest BCUT2D eigenvalue weighted by Gasteiger charge is 2.22. The molecule has 2 rings (SSSR count). The molecular formula is C20H30N2O5. The van der Waals surface area contributed by atoms with Gasteiger partial charge in [-0.2, -0.15) is 0 Å². The third kappa shape index (κ3) is 7.19. The average Bonchev–Trinajstić information content (AvgIpc) is 2.93. The second kappa shape index (κ2) is 11.6. The zero-order valence-electron chi connectivity index (χ0n) is 16.3. The maximum atomic E-state index is 12.6. The lowest BCUT2D eigenvalue weighted by Gasteiger charge is -2.22. The SMILES string of the molecule is CCOc1ccc(CC(=O)N2CCCN(C(=O)COCCOC)CC2)cc1. The molecule has 1 saturated heterocycles. The van der Waals surface area contributed by atoms with Crippen LogP contribution in [0.3, 0.4) is 0 Å². The molecule has 0 spiro atoms. The molecule has 1 fully saturated rings. The molecule has 7 heteroatoms. The molecule has 1 aromatic carbocycles. The maximum absolute atomic E-state index is 12.6. The van der Waals surface area contributed by atoms with Crippen LogP contribution in [0.15, 0.2) is 24.3 Å². The molecule has 1 aliphatic heterocycles. The molecule has 0 aromatic heterocycles. The van der Waals surface area contributed by atoms with Crippen molar-refractivity contribution in [1.82, 2.24) is 9.80 Å². The predicted molar refractivity (Wildman–Crippen MR) is 102 cm³/mol. The maximum Gasteiger partial charge on any atom is 0.248 e. The number of ether oxygens (including phenoxy) is 3. The van der Waals surface area contributed by atoms with Crippen LogP contribution in [0.2, 0.25) is 0 Å². The van der Waals surface area contributed by atoms with E-state index in [-0.39, 0.29) is 18.4 Å². The number of hydrogen-bond donors (Lipinski definition) is 0. The van der Waals surface area contributed by atoms with Gasteiger partial charge < -0.3 is 24.0 Å². The van der Waals surface area contributed by atoms with Crippen LogP contribution in [0.4, 0.5) is 0 Å². The summed E-state index contributed by atoms with van der Waals surface area (Å²) < 4.78 is 15.6. The van der Waals surface area contributed by atoms with E-state index in [2.05, 4.69) is 0 Å². The number of hydrogen-bond acceptors (Lipinski definition) is 5. The summed E-state index contributed by atoms with van der Waals surface area (Å²) in [5, 5.41) is 0. The van der Waals surface area contributed by atoms with E-state index in [1.165, 1.54) is 0 Å². The van der Waals surface area contributed by atoms with Crippen molar-refractivity contribution in [2.75, 3.05) is 59.7 Å². The highest BCUT2D eigenvalue weighted by Crippen LogP contribution is 2.14. The van der Waals surface area contributed by atoms with Gasteiger partial charge in [0.15, 0.2) is 0 Å². The van der Waals surface area contributed by atoms with E-state index in [1.807, 2.05) is 36.1 Å². The van der Waals surface area contributed by atoms with Crippen LogP contribution < -0.4 is 4.74 Å². The lowest BCUT2D eigenvalue weighted by Crippen LogP contribution is -2.39. The van der Waals surface area contributed by atoms with Crippen molar-refractivity contribution in [2.24, 2.45) is 0 Å². The first-order valence-corrected chi connectivity index (χ1v) is 9.48. The van der Waals surface area contributed by atoms with Gasteiger partial charge in [-0.05, 0) is 31.0 Å². The Morgan fingerprint density at radius 2 is 1.63 bits per heavy atom. The molecule has 0 unspecified atom stereocenters. The van der Waals surface area contributed by atoms with Gasteiger partial charge in [-0.1, -0.05) is 12.1 Å². The van der Waals surface area contributed by atoms with Crippen molar-refractivity contribution in [3.05, 3.63) is 29.8 Å². The largest absolute Gasteiger partial charge is 0.494 e. The summed E-state index contributed by atoms with van der Waals surface area (Å²) >= 11 is 0. The fourth-order valence-electron chi connectivity index (χ4n) is 2.97. The summed E-state index contributed by atoms with van der Waals surface area (Å²) in [5.41, 5.74) is 0.965. The Bertz CT molecular complexity index is 591. The van der Waals surface area contributed by atoms with E-state index < -0.39 is 0 Å². The van der Waals surface area contributed by atoms with Gasteiger partial charge in [0.2, 0.25) is 11.8 Å². The summed E-state index contributed by atoms with van der Waals surface area (Å²) in [6, 6.07) is 7.62. The molecule has 0 radical (unpaired) electrons. The van der Waals surface area contributed by atoms with Crippen LogP contribution >= 0.6 is 0 Å². The Morgan fingerprint density at radius 1 is 0.963 bits per heavy atom. The second-order valence-electron chi connectivity index (χ2n) is 6.41. The minimum atomic E-state index is -0.0353. The Labute approximate surface area is 161 Å². The van der Waals surface area contributed by atoms with Gasteiger partial charge in [-0.15, -0.1) is 0 Å². The number of benzene rings is 1. The molecule has 0 atom stereocenters. The normalized spacial score (nSPS) is 14.7. The molecule has 0 aliphatic carbocycles. The molecule has 150 valence electrons. The van der Waals surface area contributed by atoms with Crippen LogP contribution in [0.5, 0.6) is 5.75 Å². The molecule has 1 aliphatic rings. The fourth-order valence-corrected chi connectivity index (χ4v) is 2.97. The van der Waals surface area contributed by atoms with Crippen LogP contribution in [-0.2, 0) is 25.5 Å². The summed E-state index contributed by atoms with van der Waals surface area (Å²) in [5.74, 6) is 0.863. The van der Waals surface area contributed by atoms with Crippen molar-refractivity contribution in [2.45, 2.75) is 19.8 Å². The quantitative estimate of drug-likeness (QED) is 0.607. The van der Waals surface area contributed by atoms with Crippen molar-refractivity contribution in [1.29, 1.82) is 0 Å². The van der Waals surface area contributed by atoms with E-state index in [9.17, 15) is 9.59 Å².